The van der Waals surface area contributed by atoms with Crippen molar-refractivity contribution in [3.8, 4) is 0 Å². The van der Waals surface area contributed by atoms with Gasteiger partial charge in [0, 0.05) is 6.42 Å². The first-order chi connectivity index (χ1) is 9.26. The normalized spacial score (nSPS) is 26.9. The SMILES string of the molecule is Nc1ncn(C2CC(O)C(COP(=O)(O)O)O2)c(=O)n1. The summed E-state index contributed by atoms with van der Waals surface area (Å²) in [6.45, 7) is -0.507. The summed E-state index contributed by atoms with van der Waals surface area (Å²) in [7, 11) is -4.65. The smallest absolute Gasteiger partial charge is 0.390 e. The Kier molecular flexibility index (Phi) is 4.18. The highest BCUT2D eigenvalue weighted by Gasteiger charge is 2.37. The monoisotopic (exact) mass is 308 g/mol. The van der Waals surface area contributed by atoms with Crippen LogP contribution in [0.1, 0.15) is 12.6 Å². The molecule has 11 nitrogen and oxygen atoms in total. The van der Waals surface area contributed by atoms with E-state index in [1.165, 1.54) is 0 Å². The van der Waals surface area contributed by atoms with Crippen LogP contribution in [0.4, 0.5) is 5.95 Å². The fraction of sp³-hybridized carbons (Fsp3) is 0.625. The van der Waals surface area contributed by atoms with Gasteiger partial charge in [0.15, 0.2) is 0 Å². The van der Waals surface area contributed by atoms with E-state index in [4.69, 9.17) is 20.3 Å². The molecule has 0 aromatic carbocycles. The molecule has 0 spiro atoms. The van der Waals surface area contributed by atoms with Crippen LogP contribution >= 0.6 is 7.82 Å². The Morgan fingerprint density at radius 1 is 1.60 bits per heavy atom. The molecule has 0 saturated carbocycles. The molecule has 0 radical (unpaired) electrons. The third kappa shape index (κ3) is 3.60. The Balaban J connectivity index is 2.06. The van der Waals surface area contributed by atoms with Gasteiger partial charge < -0.3 is 25.4 Å². The minimum Gasteiger partial charge on any atom is -0.390 e. The second-order valence-electron chi connectivity index (χ2n) is 4.12. The van der Waals surface area contributed by atoms with Crippen LogP contribution in [-0.2, 0) is 13.8 Å². The lowest BCUT2D eigenvalue weighted by Gasteiger charge is -2.15. The summed E-state index contributed by atoms with van der Waals surface area (Å²) in [4.78, 5) is 35.8. The van der Waals surface area contributed by atoms with Gasteiger partial charge in [-0.05, 0) is 0 Å². The van der Waals surface area contributed by atoms with E-state index in [0.29, 0.717) is 0 Å². The highest BCUT2D eigenvalue weighted by Crippen LogP contribution is 2.38. The van der Waals surface area contributed by atoms with Crippen LogP contribution in [0.5, 0.6) is 0 Å². The molecule has 0 amide bonds. The number of hydrogen-bond donors (Lipinski definition) is 4. The van der Waals surface area contributed by atoms with Crippen LogP contribution in [0.3, 0.4) is 0 Å². The maximum Gasteiger partial charge on any atom is 0.469 e. The van der Waals surface area contributed by atoms with Crippen molar-refractivity contribution in [2.24, 2.45) is 0 Å². The summed E-state index contributed by atoms with van der Waals surface area (Å²) in [6, 6.07) is 0. The average Bonchev–Trinajstić information content (AvgIpc) is 2.67. The van der Waals surface area contributed by atoms with Crippen LogP contribution in [0, 0.1) is 0 Å². The van der Waals surface area contributed by atoms with Gasteiger partial charge in [0.1, 0.15) is 18.7 Å². The number of aliphatic hydroxyl groups excluding tert-OH is 1. The van der Waals surface area contributed by atoms with E-state index >= 15 is 0 Å². The van der Waals surface area contributed by atoms with Crippen LogP contribution in [0.15, 0.2) is 11.1 Å². The van der Waals surface area contributed by atoms with E-state index in [2.05, 4.69) is 14.5 Å². The van der Waals surface area contributed by atoms with Gasteiger partial charge in [-0.1, -0.05) is 0 Å². The predicted octanol–water partition coefficient (Wildman–Crippen LogP) is -2.02. The van der Waals surface area contributed by atoms with Gasteiger partial charge in [-0.2, -0.15) is 4.98 Å². The Hall–Kier alpha value is -1.36. The number of phosphoric acid groups is 1. The molecule has 5 N–H and O–H groups in total. The third-order valence-corrected chi connectivity index (χ3v) is 3.15. The summed E-state index contributed by atoms with van der Waals surface area (Å²) in [5.41, 5.74) is 4.54. The third-order valence-electron chi connectivity index (χ3n) is 2.67. The molecule has 1 aromatic heterocycles. The molecule has 3 atom stereocenters. The quantitative estimate of drug-likeness (QED) is 0.455. The molecule has 1 aliphatic rings. The van der Waals surface area contributed by atoms with Crippen molar-refractivity contribution in [3.63, 3.8) is 0 Å². The molecule has 1 fully saturated rings. The first-order valence-corrected chi connectivity index (χ1v) is 7.03. The number of hydrogen-bond acceptors (Lipinski definition) is 8. The number of rotatable bonds is 4. The van der Waals surface area contributed by atoms with Crippen molar-refractivity contribution in [1.82, 2.24) is 14.5 Å². The molecule has 2 rings (SSSR count). The molecular weight excluding hydrogens is 295 g/mol. The van der Waals surface area contributed by atoms with Crippen molar-refractivity contribution in [3.05, 3.63) is 16.8 Å². The Morgan fingerprint density at radius 2 is 2.30 bits per heavy atom. The van der Waals surface area contributed by atoms with Gasteiger partial charge in [-0.15, -0.1) is 0 Å². The van der Waals surface area contributed by atoms with Crippen LogP contribution < -0.4 is 11.4 Å². The minimum absolute atomic E-state index is 0.0301. The maximum atomic E-state index is 11.6. The molecule has 1 aliphatic heterocycles. The van der Waals surface area contributed by atoms with Crippen molar-refractivity contribution in [2.75, 3.05) is 12.3 Å². The van der Waals surface area contributed by atoms with Crippen molar-refractivity contribution in [2.45, 2.75) is 24.9 Å². The van der Waals surface area contributed by atoms with E-state index < -0.39 is 38.6 Å². The van der Waals surface area contributed by atoms with Crippen molar-refractivity contribution < 1.29 is 28.7 Å². The molecule has 20 heavy (non-hydrogen) atoms. The Morgan fingerprint density at radius 3 is 2.90 bits per heavy atom. The lowest BCUT2D eigenvalue weighted by Crippen LogP contribution is -2.29. The second-order valence-corrected chi connectivity index (χ2v) is 5.36. The zero-order valence-electron chi connectivity index (χ0n) is 10.1. The van der Waals surface area contributed by atoms with Gasteiger partial charge >= 0.3 is 13.5 Å². The largest absolute Gasteiger partial charge is 0.469 e. The van der Waals surface area contributed by atoms with Gasteiger partial charge in [0.2, 0.25) is 5.95 Å². The highest BCUT2D eigenvalue weighted by atomic mass is 31.2. The molecule has 3 unspecified atom stereocenters. The average molecular weight is 308 g/mol. The number of nitrogens with two attached hydrogens (primary N) is 1. The number of aromatic nitrogens is 3. The lowest BCUT2D eigenvalue weighted by atomic mass is 10.2. The minimum atomic E-state index is -4.65. The second kappa shape index (κ2) is 5.56. The predicted molar refractivity (Wildman–Crippen MR) is 63.2 cm³/mol. The first-order valence-electron chi connectivity index (χ1n) is 5.50. The van der Waals surface area contributed by atoms with Crippen LogP contribution in [0.2, 0.25) is 0 Å². The molecule has 1 saturated heterocycles. The van der Waals surface area contributed by atoms with E-state index in [0.717, 1.165) is 10.9 Å². The zero-order valence-corrected chi connectivity index (χ0v) is 11.0. The summed E-state index contributed by atoms with van der Waals surface area (Å²) >= 11 is 0. The molecule has 2 heterocycles. The fourth-order valence-electron chi connectivity index (χ4n) is 1.76. The van der Waals surface area contributed by atoms with Gasteiger partial charge in [0.25, 0.3) is 0 Å². The summed E-state index contributed by atoms with van der Waals surface area (Å²) in [5, 5.41) is 9.72. The Bertz CT molecular complexity index is 586. The van der Waals surface area contributed by atoms with E-state index in [1.54, 1.807) is 0 Å². The van der Waals surface area contributed by atoms with Gasteiger partial charge in [0.05, 0.1) is 12.7 Å². The molecule has 112 valence electrons. The lowest BCUT2D eigenvalue weighted by molar-refractivity contribution is -0.0453. The maximum absolute atomic E-state index is 11.6. The molecule has 1 aromatic rings. The number of ether oxygens (including phenoxy) is 1. The number of phosphoric ester groups is 1. The molecule has 12 heteroatoms. The number of aliphatic hydroxyl groups is 1. The standard InChI is InChI=1S/C8H13N4O7P/c9-7-10-3-12(8(14)11-7)6-1-4(13)5(19-6)2-18-20(15,16)17/h3-6,13H,1-2H2,(H2,9,11,14)(H2,15,16,17). The number of nitrogen functional groups attached to an aromatic ring is 1. The molecular formula is C8H13N4O7P. The zero-order chi connectivity index (χ0) is 14.9. The van der Waals surface area contributed by atoms with E-state index in [1.807, 2.05) is 0 Å². The number of anilines is 1. The highest BCUT2D eigenvalue weighted by molar-refractivity contribution is 7.46. The number of nitrogens with zero attached hydrogens (tertiary/aromatic N) is 3. The summed E-state index contributed by atoms with van der Waals surface area (Å²) in [5.74, 6) is -0.189. The summed E-state index contributed by atoms with van der Waals surface area (Å²) < 4.78 is 21.2. The van der Waals surface area contributed by atoms with Gasteiger partial charge in [-0.3, -0.25) is 9.09 Å². The van der Waals surface area contributed by atoms with E-state index in [-0.39, 0.29) is 12.4 Å². The fourth-order valence-corrected chi connectivity index (χ4v) is 2.10. The Labute approximate surface area is 112 Å². The topological polar surface area (TPSA) is 170 Å². The first kappa shape index (κ1) is 15.0. The molecule has 0 bridgehead atoms. The van der Waals surface area contributed by atoms with E-state index in [9.17, 15) is 14.5 Å². The van der Waals surface area contributed by atoms with Crippen LogP contribution in [-0.4, -0.2) is 48.2 Å². The van der Waals surface area contributed by atoms with Crippen LogP contribution in [0.25, 0.3) is 0 Å². The summed E-state index contributed by atoms with van der Waals surface area (Å²) in [6.07, 6.45) is -1.73. The van der Waals surface area contributed by atoms with Gasteiger partial charge in [-0.25, -0.2) is 14.3 Å². The molecule has 0 aliphatic carbocycles. The van der Waals surface area contributed by atoms with Crippen molar-refractivity contribution in [1.29, 1.82) is 0 Å². The van der Waals surface area contributed by atoms with Crippen molar-refractivity contribution >= 4 is 13.8 Å².